The number of halogens is 1. The highest BCUT2D eigenvalue weighted by Gasteiger charge is 2.32. The van der Waals surface area contributed by atoms with E-state index in [0.29, 0.717) is 6.42 Å². The molecule has 3 nitrogen and oxygen atoms in total. The van der Waals surface area contributed by atoms with Gasteiger partial charge in [0, 0.05) is 12.0 Å². The summed E-state index contributed by atoms with van der Waals surface area (Å²) in [5.74, 6) is -0.106. The van der Waals surface area contributed by atoms with Gasteiger partial charge >= 0.3 is 5.97 Å². The summed E-state index contributed by atoms with van der Waals surface area (Å²) in [5, 5.41) is 3.79. The molecule has 4 heteroatoms. The van der Waals surface area contributed by atoms with E-state index in [-0.39, 0.29) is 23.9 Å². The summed E-state index contributed by atoms with van der Waals surface area (Å²) < 4.78 is 4.68. The maximum atomic E-state index is 11.1. The van der Waals surface area contributed by atoms with Crippen LogP contribution in [0.3, 0.4) is 0 Å². The van der Waals surface area contributed by atoms with Crippen LogP contribution >= 0.6 is 12.4 Å². The molecule has 2 rings (SSSR count). The quantitative estimate of drug-likeness (QED) is 0.603. The molecule has 0 saturated heterocycles. The van der Waals surface area contributed by atoms with Gasteiger partial charge in [-0.3, -0.25) is 4.79 Å². The Labute approximate surface area is 140 Å². The molecular formula is C18H28ClNO2. The van der Waals surface area contributed by atoms with Gasteiger partial charge in [0.1, 0.15) is 0 Å². The Hall–Kier alpha value is -1.06. The standard InChI is InChI=1S/C18H27NO2.ClH/c1-21-17(20)12-6-9-15-19-18(13-7-3-8-14-18)16-10-4-2-5-11-16;/h2,4-5,10-11,19H,3,6-9,12-15H2,1H3;1H. The van der Waals surface area contributed by atoms with E-state index in [4.69, 9.17) is 0 Å². The van der Waals surface area contributed by atoms with E-state index in [0.717, 1.165) is 19.4 Å². The van der Waals surface area contributed by atoms with Crippen LogP contribution in [-0.4, -0.2) is 19.6 Å². The predicted octanol–water partition coefficient (Wildman–Crippen LogP) is 4.20. The summed E-state index contributed by atoms with van der Waals surface area (Å²) in [6, 6.07) is 10.8. The topological polar surface area (TPSA) is 38.3 Å². The van der Waals surface area contributed by atoms with E-state index in [1.54, 1.807) is 0 Å². The van der Waals surface area contributed by atoms with Gasteiger partial charge in [0.2, 0.25) is 0 Å². The number of esters is 1. The molecule has 0 bridgehead atoms. The number of carbonyl (C=O) groups is 1. The third kappa shape index (κ3) is 5.29. The van der Waals surface area contributed by atoms with Crippen molar-refractivity contribution >= 4 is 18.4 Å². The highest BCUT2D eigenvalue weighted by atomic mass is 35.5. The van der Waals surface area contributed by atoms with Crippen molar-refractivity contribution in [3.8, 4) is 0 Å². The molecule has 1 N–H and O–H groups in total. The normalized spacial score (nSPS) is 16.6. The van der Waals surface area contributed by atoms with Gasteiger partial charge in [0.15, 0.2) is 0 Å². The average Bonchev–Trinajstić information content (AvgIpc) is 2.56. The minimum atomic E-state index is -0.106. The molecule has 0 radical (unpaired) electrons. The Kier molecular flexibility index (Phi) is 8.51. The largest absolute Gasteiger partial charge is 0.469 e. The predicted molar refractivity (Wildman–Crippen MR) is 92.3 cm³/mol. The Morgan fingerprint density at radius 2 is 1.82 bits per heavy atom. The Bertz CT molecular complexity index is 430. The fourth-order valence-electron chi connectivity index (χ4n) is 3.30. The van der Waals surface area contributed by atoms with Gasteiger partial charge < -0.3 is 10.1 Å². The van der Waals surface area contributed by atoms with Crippen LogP contribution in [0.15, 0.2) is 30.3 Å². The van der Waals surface area contributed by atoms with E-state index in [2.05, 4.69) is 40.4 Å². The molecule has 1 aliphatic carbocycles. The van der Waals surface area contributed by atoms with Crippen molar-refractivity contribution in [2.75, 3.05) is 13.7 Å². The van der Waals surface area contributed by atoms with Crippen LogP contribution in [-0.2, 0) is 15.1 Å². The molecule has 0 unspecified atom stereocenters. The molecule has 22 heavy (non-hydrogen) atoms. The Morgan fingerprint density at radius 1 is 1.14 bits per heavy atom. The molecule has 1 aromatic rings. The van der Waals surface area contributed by atoms with Crippen LogP contribution in [0.1, 0.15) is 56.9 Å². The highest BCUT2D eigenvalue weighted by molar-refractivity contribution is 5.85. The molecule has 1 saturated carbocycles. The fraction of sp³-hybridized carbons (Fsp3) is 0.611. The van der Waals surface area contributed by atoms with Crippen LogP contribution < -0.4 is 5.32 Å². The molecule has 0 atom stereocenters. The minimum Gasteiger partial charge on any atom is -0.469 e. The van der Waals surface area contributed by atoms with E-state index in [1.807, 2.05) is 0 Å². The van der Waals surface area contributed by atoms with E-state index in [9.17, 15) is 4.79 Å². The maximum absolute atomic E-state index is 11.1. The second-order valence-corrected chi connectivity index (χ2v) is 5.97. The molecule has 0 amide bonds. The maximum Gasteiger partial charge on any atom is 0.305 e. The molecule has 0 aromatic heterocycles. The summed E-state index contributed by atoms with van der Waals surface area (Å²) in [5.41, 5.74) is 1.56. The smallest absolute Gasteiger partial charge is 0.305 e. The van der Waals surface area contributed by atoms with E-state index < -0.39 is 0 Å². The van der Waals surface area contributed by atoms with Crippen LogP contribution in [0.4, 0.5) is 0 Å². The lowest BCUT2D eigenvalue weighted by Gasteiger charge is -2.39. The van der Waals surface area contributed by atoms with Gasteiger partial charge in [0.25, 0.3) is 0 Å². The van der Waals surface area contributed by atoms with Crippen molar-refractivity contribution in [3.63, 3.8) is 0 Å². The number of nitrogens with one attached hydrogen (secondary N) is 1. The number of carbonyl (C=O) groups excluding carboxylic acids is 1. The summed E-state index contributed by atoms with van der Waals surface area (Å²) >= 11 is 0. The summed E-state index contributed by atoms with van der Waals surface area (Å²) in [7, 11) is 1.45. The molecule has 0 heterocycles. The number of benzene rings is 1. The Balaban J connectivity index is 0.00000242. The molecule has 124 valence electrons. The number of hydrogen-bond donors (Lipinski definition) is 1. The first-order chi connectivity index (χ1) is 10.3. The van der Waals surface area contributed by atoms with E-state index >= 15 is 0 Å². The molecule has 1 aromatic carbocycles. The summed E-state index contributed by atoms with van der Waals surface area (Å²) in [4.78, 5) is 11.1. The summed E-state index contributed by atoms with van der Waals surface area (Å²) in [6.45, 7) is 0.964. The second-order valence-electron chi connectivity index (χ2n) is 5.97. The lowest BCUT2D eigenvalue weighted by molar-refractivity contribution is -0.140. The van der Waals surface area contributed by atoms with Gasteiger partial charge in [0.05, 0.1) is 7.11 Å². The zero-order valence-corrected chi connectivity index (χ0v) is 14.3. The molecule has 0 aliphatic heterocycles. The number of hydrogen-bond acceptors (Lipinski definition) is 3. The third-order valence-corrected chi connectivity index (χ3v) is 4.53. The van der Waals surface area contributed by atoms with Gasteiger partial charge in [-0.15, -0.1) is 12.4 Å². The molecule has 1 aliphatic rings. The van der Waals surface area contributed by atoms with Gasteiger partial charge in [-0.1, -0.05) is 49.6 Å². The van der Waals surface area contributed by atoms with Gasteiger partial charge in [-0.25, -0.2) is 0 Å². The summed E-state index contributed by atoms with van der Waals surface area (Å²) in [6.07, 6.45) is 8.81. The monoisotopic (exact) mass is 325 g/mol. The molecule has 1 fully saturated rings. The van der Waals surface area contributed by atoms with Crippen LogP contribution in [0.2, 0.25) is 0 Å². The SMILES string of the molecule is COC(=O)CCCCNC1(c2ccccc2)CCCCC1.Cl. The second kappa shape index (κ2) is 9.86. The first-order valence-corrected chi connectivity index (χ1v) is 8.14. The van der Waals surface area contributed by atoms with Crippen molar-refractivity contribution in [2.45, 2.75) is 56.9 Å². The number of rotatable bonds is 7. The first-order valence-electron chi connectivity index (χ1n) is 8.14. The van der Waals surface area contributed by atoms with Crippen molar-refractivity contribution in [1.29, 1.82) is 0 Å². The number of unbranched alkanes of at least 4 members (excludes halogenated alkanes) is 1. The number of ether oxygens (including phenoxy) is 1. The van der Waals surface area contributed by atoms with Gasteiger partial charge in [-0.05, 0) is 37.8 Å². The fourth-order valence-corrected chi connectivity index (χ4v) is 3.30. The van der Waals surface area contributed by atoms with E-state index in [1.165, 1.54) is 44.8 Å². The lowest BCUT2D eigenvalue weighted by Crippen LogP contribution is -2.44. The zero-order chi connectivity index (χ0) is 15.0. The highest BCUT2D eigenvalue weighted by Crippen LogP contribution is 2.36. The zero-order valence-electron chi connectivity index (χ0n) is 13.5. The third-order valence-electron chi connectivity index (χ3n) is 4.53. The number of methoxy groups -OCH3 is 1. The van der Waals surface area contributed by atoms with Crippen LogP contribution in [0, 0.1) is 0 Å². The van der Waals surface area contributed by atoms with Gasteiger partial charge in [-0.2, -0.15) is 0 Å². The molecular weight excluding hydrogens is 298 g/mol. The van der Waals surface area contributed by atoms with Crippen LogP contribution in [0.25, 0.3) is 0 Å². The van der Waals surface area contributed by atoms with Crippen molar-refractivity contribution in [2.24, 2.45) is 0 Å². The lowest BCUT2D eigenvalue weighted by atomic mass is 9.76. The van der Waals surface area contributed by atoms with Crippen molar-refractivity contribution < 1.29 is 9.53 Å². The van der Waals surface area contributed by atoms with Crippen molar-refractivity contribution in [1.82, 2.24) is 5.32 Å². The Morgan fingerprint density at radius 3 is 2.45 bits per heavy atom. The minimum absolute atomic E-state index is 0. The molecule has 0 spiro atoms. The van der Waals surface area contributed by atoms with Crippen molar-refractivity contribution in [3.05, 3.63) is 35.9 Å². The van der Waals surface area contributed by atoms with Crippen LogP contribution in [0.5, 0.6) is 0 Å². The average molecular weight is 326 g/mol. The first kappa shape index (κ1) is 19.0.